The first-order valence-corrected chi connectivity index (χ1v) is 5.86. The molecule has 2 N–H and O–H groups in total. The molecule has 0 spiro atoms. The molecule has 19 heavy (non-hydrogen) atoms. The van der Waals surface area contributed by atoms with Gasteiger partial charge in [0.1, 0.15) is 5.58 Å². The van der Waals surface area contributed by atoms with Crippen LogP contribution in [-0.4, -0.2) is 24.8 Å². The molecule has 0 fully saturated rings. The van der Waals surface area contributed by atoms with Crippen molar-refractivity contribution in [3.63, 3.8) is 0 Å². The Balaban J connectivity index is 1.87. The number of rotatable bonds is 2. The van der Waals surface area contributed by atoms with Gasteiger partial charge in [0.25, 0.3) is 5.91 Å². The molecule has 96 valence electrons. The molecule has 0 atom stereocenters. The Morgan fingerprint density at radius 1 is 1.32 bits per heavy atom. The fourth-order valence-electron chi connectivity index (χ4n) is 1.89. The summed E-state index contributed by atoms with van der Waals surface area (Å²) in [5, 5.41) is 6.39. The van der Waals surface area contributed by atoms with E-state index in [9.17, 15) is 9.59 Å². The third kappa shape index (κ3) is 2.33. The molecule has 0 radical (unpaired) electrons. The van der Waals surface area contributed by atoms with Gasteiger partial charge in [-0.2, -0.15) is 0 Å². The Hall–Kier alpha value is -2.63. The highest BCUT2D eigenvalue weighted by Crippen LogP contribution is 2.17. The average molecular weight is 257 g/mol. The number of hydrogen-bond acceptors (Lipinski definition) is 5. The Labute approximate surface area is 108 Å². The fourth-order valence-corrected chi connectivity index (χ4v) is 1.89. The lowest BCUT2D eigenvalue weighted by Gasteiger charge is -2.06. The van der Waals surface area contributed by atoms with Crippen molar-refractivity contribution in [2.75, 3.05) is 18.4 Å². The van der Waals surface area contributed by atoms with Crippen molar-refractivity contribution in [2.24, 2.45) is 4.99 Å². The van der Waals surface area contributed by atoms with Gasteiger partial charge in [-0.05, 0) is 24.3 Å². The minimum Gasteiger partial charge on any atom is -0.423 e. The summed E-state index contributed by atoms with van der Waals surface area (Å²) in [6, 6.07) is 8.07. The van der Waals surface area contributed by atoms with Crippen LogP contribution in [0.3, 0.4) is 0 Å². The zero-order chi connectivity index (χ0) is 13.2. The smallest absolute Gasteiger partial charge is 0.336 e. The van der Waals surface area contributed by atoms with Crippen LogP contribution in [0.4, 0.5) is 5.69 Å². The van der Waals surface area contributed by atoms with Crippen LogP contribution in [0.25, 0.3) is 11.0 Å². The maximum Gasteiger partial charge on any atom is 0.336 e. The predicted molar refractivity (Wildman–Crippen MR) is 71.4 cm³/mol. The van der Waals surface area contributed by atoms with Crippen molar-refractivity contribution in [2.45, 2.75) is 0 Å². The molecule has 6 nitrogen and oxygen atoms in total. The third-order valence-corrected chi connectivity index (χ3v) is 2.77. The van der Waals surface area contributed by atoms with E-state index < -0.39 is 5.63 Å². The highest BCUT2D eigenvalue weighted by atomic mass is 16.4. The first-order valence-electron chi connectivity index (χ1n) is 5.86. The van der Waals surface area contributed by atoms with Crippen molar-refractivity contribution in [1.82, 2.24) is 5.32 Å². The highest BCUT2D eigenvalue weighted by molar-refractivity contribution is 6.42. The minimum absolute atomic E-state index is 0.269. The average Bonchev–Trinajstić information content (AvgIpc) is 2.93. The molecule has 6 heteroatoms. The van der Waals surface area contributed by atoms with Gasteiger partial charge in [-0.1, -0.05) is 0 Å². The summed E-state index contributed by atoms with van der Waals surface area (Å²) < 4.78 is 5.02. The van der Waals surface area contributed by atoms with E-state index in [4.69, 9.17) is 4.42 Å². The van der Waals surface area contributed by atoms with Crippen molar-refractivity contribution in [3.05, 3.63) is 40.8 Å². The molecule has 0 bridgehead atoms. The molecule has 1 amide bonds. The summed E-state index contributed by atoms with van der Waals surface area (Å²) in [5.41, 5.74) is 0.721. The Morgan fingerprint density at radius 3 is 3.00 bits per heavy atom. The van der Waals surface area contributed by atoms with Gasteiger partial charge in [-0.25, -0.2) is 4.79 Å². The second-order valence-electron chi connectivity index (χ2n) is 4.12. The van der Waals surface area contributed by atoms with E-state index >= 15 is 0 Å². The van der Waals surface area contributed by atoms with Gasteiger partial charge in [0.05, 0.1) is 6.54 Å². The largest absolute Gasteiger partial charge is 0.423 e. The number of hydrogen-bond donors (Lipinski definition) is 2. The van der Waals surface area contributed by atoms with Crippen LogP contribution < -0.4 is 16.3 Å². The number of carbonyl (C=O) groups is 1. The molecular formula is C13H11N3O3. The van der Waals surface area contributed by atoms with Crippen LogP contribution in [0.15, 0.2) is 44.5 Å². The van der Waals surface area contributed by atoms with E-state index in [0.717, 1.165) is 5.39 Å². The molecule has 1 aliphatic rings. The quantitative estimate of drug-likeness (QED) is 0.777. The first-order chi connectivity index (χ1) is 9.22. The van der Waals surface area contributed by atoms with Gasteiger partial charge in [-0.15, -0.1) is 0 Å². The van der Waals surface area contributed by atoms with E-state index in [1.165, 1.54) is 6.07 Å². The monoisotopic (exact) mass is 257 g/mol. The molecule has 1 aliphatic heterocycles. The van der Waals surface area contributed by atoms with Gasteiger partial charge in [0.15, 0.2) is 5.84 Å². The second kappa shape index (κ2) is 4.56. The lowest BCUT2D eigenvalue weighted by molar-refractivity contribution is -0.110. The summed E-state index contributed by atoms with van der Waals surface area (Å²) in [6.45, 7) is 1.30. The number of aliphatic imine (C=N–C) groups is 1. The van der Waals surface area contributed by atoms with Crippen LogP contribution in [0.2, 0.25) is 0 Å². The minimum atomic E-state index is -0.395. The molecule has 0 aliphatic carbocycles. The Kier molecular flexibility index (Phi) is 2.75. The first kappa shape index (κ1) is 11.5. The van der Waals surface area contributed by atoms with Crippen LogP contribution in [0.5, 0.6) is 0 Å². The van der Waals surface area contributed by atoms with Crippen molar-refractivity contribution in [1.29, 1.82) is 0 Å². The summed E-state index contributed by atoms with van der Waals surface area (Å²) in [6.07, 6.45) is 0. The zero-order valence-corrected chi connectivity index (χ0v) is 9.97. The molecule has 0 saturated carbocycles. The zero-order valence-electron chi connectivity index (χ0n) is 9.97. The van der Waals surface area contributed by atoms with Crippen LogP contribution >= 0.6 is 0 Å². The summed E-state index contributed by atoms with van der Waals surface area (Å²) in [4.78, 5) is 26.9. The highest BCUT2D eigenvalue weighted by Gasteiger charge is 2.14. The molecule has 3 rings (SSSR count). The SMILES string of the molecule is O=C(Nc1ccc2oc(=O)ccc2c1)C1=NCCN1. The van der Waals surface area contributed by atoms with E-state index in [1.807, 2.05) is 0 Å². The van der Waals surface area contributed by atoms with Gasteiger partial charge >= 0.3 is 5.63 Å². The molecule has 1 aromatic carbocycles. The lowest BCUT2D eigenvalue weighted by atomic mass is 10.2. The van der Waals surface area contributed by atoms with Gasteiger partial charge < -0.3 is 15.1 Å². The molecule has 0 saturated heterocycles. The topological polar surface area (TPSA) is 83.7 Å². The maximum atomic E-state index is 11.8. The van der Waals surface area contributed by atoms with Gasteiger partial charge in [0.2, 0.25) is 0 Å². The standard InChI is InChI=1S/C13H11N3O3/c17-11-4-1-8-7-9(2-3-10(8)19-11)16-13(18)12-14-5-6-15-12/h1-4,7H,5-6H2,(H,14,15)(H,16,18). The van der Waals surface area contributed by atoms with E-state index in [-0.39, 0.29) is 5.91 Å². The second-order valence-corrected chi connectivity index (χ2v) is 4.12. The summed E-state index contributed by atoms with van der Waals surface area (Å²) >= 11 is 0. The van der Waals surface area contributed by atoms with E-state index in [1.54, 1.807) is 24.3 Å². The fraction of sp³-hybridized carbons (Fsp3) is 0.154. The number of nitrogens with zero attached hydrogens (tertiary/aromatic N) is 1. The molecule has 1 aromatic heterocycles. The number of amidine groups is 1. The number of benzene rings is 1. The molecule has 2 aromatic rings. The van der Waals surface area contributed by atoms with Crippen molar-refractivity contribution < 1.29 is 9.21 Å². The van der Waals surface area contributed by atoms with Crippen molar-refractivity contribution >= 4 is 28.4 Å². The van der Waals surface area contributed by atoms with Crippen molar-refractivity contribution in [3.8, 4) is 0 Å². The Bertz CT molecular complexity index is 733. The number of carbonyl (C=O) groups excluding carboxylic acids is 1. The van der Waals surface area contributed by atoms with Crippen LogP contribution in [0.1, 0.15) is 0 Å². The lowest BCUT2D eigenvalue weighted by Crippen LogP contribution is -2.32. The molecule has 0 unspecified atom stereocenters. The summed E-state index contributed by atoms with van der Waals surface area (Å²) in [5.74, 6) is 0.0777. The van der Waals surface area contributed by atoms with Gasteiger partial charge in [-0.3, -0.25) is 9.79 Å². The number of nitrogens with one attached hydrogen (secondary N) is 2. The third-order valence-electron chi connectivity index (χ3n) is 2.77. The number of fused-ring (bicyclic) bond motifs is 1. The van der Waals surface area contributed by atoms with Crippen LogP contribution in [0, 0.1) is 0 Å². The van der Waals surface area contributed by atoms with Gasteiger partial charge in [0, 0.05) is 23.7 Å². The normalized spacial score (nSPS) is 14.0. The van der Waals surface area contributed by atoms with E-state index in [2.05, 4.69) is 15.6 Å². The Morgan fingerprint density at radius 2 is 2.21 bits per heavy atom. The summed E-state index contributed by atoms with van der Waals surface area (Å²) in [7, 11) is 0. The number of anilines is 1. The molecular weight excluding hydrogens is 246 g/mol. The van der Waals surface area contributed by atoms with E-state index in [0.29, 0.717) is 30.2 Å². The molecule has 2 heterocycles. The number of amides is 1. The van der Waals surface area contributed by atoms with Crippen LogP contribution in [-0.2, 0) is 4.79 Å². The maximum absolute atomic E-state index is 11.8. The predicted octanol–water partition coefficient (Wildman–Crippen LogP) is 0.733.